The van der Waals surface area contributed by atoms with Gasteiger partial charge in [-0.3, -0.25) is 10.1 Å². The molecule has 2 aromatic rings. The van der Waals surface area contributed by atoms with Crippen molar-refractivity contribution in [2.45, 2.75) is 0 Å². The molecular weight excluding hydrogens is 282 g/mol. The van der Waals surface area contributed by atoms with Crippen LogP contribution in [0.2, 0.25) is 5.15 Å². The highest BCUT2D eigenvalue weighted by atomic mass is 35.5. The zero-order valence-electron chi connectivity index (χ0n) is 9.14. The van der Waals surface area contributed by atoms with E-state index in [4.69, 9.17) is 16.3 Å². The van der Waals surface area contributed by atoms with E-state index in [1.165, 1.54) is 6.07 Å². The van der Waals surface area contributed by atoms with E-state index in [1.54, 1.807) is 0 Å². The van der Waals surface area contributed by atoms with E-state index in [2.05, 4.69) is 4.98 Å². The summed E-state index contributed by atoms with van der Waals surface area (Å²) in [7, 11) is 0. The Morgan fingerprint density at radius 2 is 2.00 bits per heavy atom. The molecule has 19 heavy (non-hydrogen) atoms. The van der Waals surface area contributed by atoms with Crippen molar-refractivity contribution in [1.29, 1.82) is 0 Å². The number of halogens is 3. The van der Waals surface area contributed by atoms with E-state index in [0.717, 1.165) is 18.2 Å². The van der Waals surface area contributed by atoms with Gasteiger partial charge in [-0.2, -0.15) is 4.98 Å². The molecule has 0 aliphatic rings. The number of hydrogen-bond donors (Lipinski definition) is 0. The Morgan fingerprint density at radius 1 is 1.26 bits per heavy atom. The van der Waals surface area contributed by atoms with E-state index in [9.17, 15) is 18.9 Å². The topological polar surface area (TPSA) is 65.3 Å². The maximum absolute atomic E-state index is 13.4. The van der Waals surface area contributed by atoms with Gasteiger partial charge in [0.25, 0.3) is 0 Å². The zero-order valence-corrected chi connectivity index (χ0v) is 9.90. The maximum Gasteiger partial charge on any atom is 0.331 e. The van der Waals surface area contributed by atoms with Gasteiger partial charge in [0.05, 0.1) is 4.92 Å². The van der Waals surface area contributed by atoms with Gasteiger partial charge in [-0.15, -0.1) is 0 Å². The van der Waals surface area contributed by atoms with Gasteiger partial charge in [0.2, 0.25) is 0 Å². The molecule has 5 nitrogen and oxygen atoms in total. The summed E-state index contributed by atoms with van der Waals surface area (Å²) in [5.74, 6) is -2.66. The van der Waals surface area contributed by atoms with Crippen molar-refractivity contribution in [1.82, 2.24) is 4.98 Å². The van der Waals surface area contributed by atoms with Crippen molar-refractivity contribution in [2.24, 2.45) is 0 Å². The Balaban J connectivity index is 2.42. The molecule has 0 N–H and O–H groups in total. The molecule has 0 spiro atoms. The number of rotatable bonds is 3. The highest BCUT2D eigenvalue weighted by molar-refractivity contribution is 6.29. The normalized spacial score (nSPS) is 10.3. The standard InChI is InChI=1S/C11H5ClF2N2O3/c12-10-4-2-8(16(17)18)11(15-10)19-9-3-1-6(13)5-7(9)14/h1-5H. The molecule has 0 saturated heterocycles. The van der Waals surface area contributed by atoms with Crippen LogP contribution in [0.1, 0.15) is 0 Å². The molecule has 98 valence electrons. The predicted molar refractivity (Wildman–Crippen MR) is 62.3 cm³/mol. The van der Waals surface area contributed by atoms with Gasteiger partial charge in [0.15, 0.2) is 11.6 Å². The molecule has 1 aromatic heterocycles. The molecule has 0 radical (unpaired) electrons. The maximum atomic E-state index is 13.4. The smallest absolute Gasteiger partial charge is 0.331 e. The molecule has 0 fully saturated rings. The van der Waals surface area contributed by atoms with Crippen molar-refractivity contribution >= 4 is 17.3 Å². The second-order valence-corrected chi connectivity index (χ2v) is 3.78. The first-order valence-electron chi connectivity index (χ1n) is 4.91. The second kappa shape index (κ2) is 5.15. The number of pyridine rings is 1. The monoisotopic (exact) mass is 286 g/mol. The summed E-state index contributed by atoms with van der Waals surface area (Å²) in [6, 6.07) is 4.82. The SMILES string of the molecule is O=[N+]([O-])c1ccc(Cl)nc1Oc1ccc(F)cc1F. The molecule has 0 atom stereocenters. The molecule has 0 saturated carbocycles. The first-order chi connectivity index (χ1) is 8.97. The fourth-order valence-electron chi connectivity index (χ4n) is 1.29. The van der Waals surface area contributed by atoms with Crippen LogP contribution < -0.4 is 4.74 Å². The molecule has 0 bridgehead atoms. The third-order valence-corrected chi connectivity index (χ3v) is 2.31. The summed E-state index contributed by atoms with van der Waals surface area (Å²) >= 11 is 5.59. The first kappa shape index (κ1) is 13.2. The molecule has 1 aromatic carbocycles. The lowest BCUT2D eigenvalue weighted by atomic mass is 10.3. The quantitative estimate of drug-likeness (QED) is 0.490. The number of nitro groups is 1. The minimum absolute atomic E-state index is 0.0527. The van der Waals surface area contributed by atoms with Gasteiger partial charge in [-0.05, 0) is 18.2 Å². The summed E-state index contributed by atoms with van der Waals surface area (Å²) in [5.41, 5.74) is -0.479. The Hall–Kier alpha value is -2.28. The second-order valence-electron chi connectivity index (χ2n) is 3.39. The van der Waals surface area contributed by atoms with Gasteiger partial charge in [0, 0.05) is 12.1 Å². The van der Waals surface area contributed by atoms with Crippen LogP contribution in [-0.2, 0) is 0 Å². The summed E-state index contributed by atoms with van der Waals surface area (Å²) in [6.07, 6.45) is 0. The van der Waals surface area contributed by atoms with Crippen molar-refractivity contribution in [2.75, 3.05) is 0 Å². The molecule has 1 heterocycles. The minimum Gasteiger partial charge on any atom is -0.431 e. The Bertz CT molecular complexity index is 652. The van der Waals surface area contributed by atoms with E-state index >= 15 is 0 Å². The van der Waals surface area contributed by atoms with Gasteiger partial charge in [-0.1, -0.05) is 11.6 Å². The number of hydrogen-bond acceptors (Lipinski definition) is 4. The van der Waals surface area contributed by atoms with Gasteiger partial charge in [-0.25, -0.2) is 8.78 Å². The molecule has 0 aliphatic carbocycles. The average Bonchev–Trinajstić information content (AvgIpc) is 2.32. The number of ether oxygens (including phenoxy) is 1. The van der Waals surface area contributed by atoms with E-state index in [1.807, 2.05) is 0 Å². The summed E-state index contributed by atoms with van der Waals surface area (Å²) in [6.45, 7) is 0. The molecule has 0 amide bonds. The lowest BCUT2D eigenvalue weighted by Gasteiger charge is -2.06. The largest absolute Gasteiger partial charge is 0.431 e. The van der Waals surface area contributed by atoms with Gasteiger partial charge >= 0.3 is 11.6 Å². The Labute approximate surface area is 110 Å². The lowest BCUT2D eigenvalue weighted by molar-refractivity contribution is -0.386. The number of nitrogens with zero attached hydrogens (tertiary/aromatic N) is 2. The fourth-order valence-corrected chi connectivity index (χ4v) is 1.43. The van der Waals surface area contributed by atoms with Crippen LogP contribution >= 0.6 is 11.6 Å². The van der Waals surface area contributed by atoms with Crippen LogP contribution in [0.3, 0.4) is 0 Å². The van der Waals surface area contributed by atoms with E-state index in [-0.39, 0.29) is 10.9 Å². The summed E-state index contributed by atoms with van der Waals surface area (Å²) < 4.78 is 31.0. The summed E-state index contributed by atoms with van der Waals surface area (Å²) in [5, 5.41) is 10.7. The van der Waals surface area contributed by atoms with Crippen LogP contribution in [0, 0.1) is 21.7 Å². The third-order valence-electron chi connectivity index (χ3n) is 2.10. The first-order valence-corrected chi connectivity index (χ1v) is 5.29. The Morgan fingerprint density at radius 3 is 2.63 bits per heavy atom. The molecule has 0 aliphatic heterocycles. The van der Waals surface area contributed by atoms with Crippen LogP contribution in [0.15, 0.2) is 30.3 Å². The Kier molecular flexibility index (Phi) is 3.57. The molecule has 0 unspecified atom stereocenters. The number of aromatic nitrogens is 1. The minimum atomic E-state index is -1.00. The predicted octanol–water partition coefficient (Wildman–Crippen LogP) is 3.71. The van der Waals surface area contributed by atoms with Gasteiger partial charge < -0.3 is 4.74 Å². The van der Waals surface area contributed by atoms with Crippen molar-refractivity contribution in [3.63, 3.8) is 0 Å². The highest BCUT2D eigenvalue weighted by Crippen LogP contribution is 2.31. The summed E-state index contributed by atoms with van der Waals surface area (Å²) in [4.78, 5) is 13.6. The van der Waals surface area contributed by atoms with Crippen LogP contribution in [0.4, 0.5) is 14.5 Å². The van der Waals surface area contributed by atoms with Crippen LogP contribution in [-0.4, -0.2) is 9.91 Å². The van der Waals surface area contributed by atoms with Crippen LogP contribution in [0.5, 0.6) is 11.6 Å². The zero-order chi connectivity index (χ0) is 14.0. The average molecular weight is 287 g/mol. The van der Waals surface area contributed by atoms with Crippen molar-refractivity contribution in [3.05, 3.63) is 57.2 Å². The van der Waals surface area contributed by atoms with Crippen LogP contribution in [0.25, 0.3) is 0 Å². The highest BCUT2D eigenvalue weighted by Gasteiger charge is 2.19. The van der Waals surface area contributed by atoms with Crippen molar-refractivity contribution in [3.8, 4) is 11.6 Å². The van der Waals surface area contributed by atoms with Gasteiger partial charge in [0.1, 0.15) is 11.0 Å². The lowest BCUT2D eigenvalue weighted by Crippen LogP contribution is -1.97. The third kappa shape index (κ3) is 2.94. The van der Waals surface area contributed by atoms with E-state index < -0.39 is 28.1 Å². The molecule has 2 rings (SSSR count). The van der Waals surface area contributed by atoms with Crippen molar-refractivity contribution < 1.29 is 18.4 Å². The fraction of sp³-hybridized carbons (Fsp3) is 0. The molecular formula is C11H5ClF2N2O3. The van der Waals surface area contributed by atoms with E-state index in [0.29, 0.717) is 6.07 Å². The molecule has 8 heteroatoms. The number of benzene rings is 1.